The molecule has 2 bridgehead atoms. The first-order valence-corrected chi connectivity index (χ1v) is 25.1. The molecule has 3 heterocycles. The van der Waals surface area contributed by atoms with Crippen LogP contribution in [-0.4, -0.2) is 158 Å². The number of esters is 1. The van der Waals surface area contributed by atoms with Crippen molar-refractivity contribution < 1.29 is 62.9 Å². The van der Waals surface area contributed by atoms with Crippen molar-refractivity contribution in [3.63, 3.8) is 0 Å². The standard InChI is InChI=1S/C49H74ClN9O13/c1-24(2)19-33-43(65)53-32-14-17-40(63)59(47(32)69)37(21-26(5)6)48(70)57(9)36(23-29-12-15-38(61)30(50)22-29)45(67)55-34(20-25(3)4)49(71)72-27(7)41(46(68)54-33)56-42(64)31(13-16-39(51)62)52-44(66)35-11-10-18-58(35)28(8)60/h12,15,22,24-27,31-37,40-41,61,63H,10-11,13-14,16-21,23H2,1-9H3,(H2,51,62)(H,52,66)(H,53,65)(H,54,68)(H,55,67)(H,56,64)/t27-,31+,32-,33-,34+,35-,36-,37+,40+,41-/m0/s1. The molecule has 1 aromatic rings. The number of aliphatic hydroxyl groups is 1. The minimum absolute atomic E-state index is 0.000367. The number of likely N-dealkylation sites (N-methyl/N-ethyl adjacent to an activating group) is 1. The highest BCUT2D eigenvalue weighted by Crippen LogP contribution is 2.28. The largest absolute Gasteiger partial charge is 0.506 e. The number of hydrogen-bond donors (Lipinski definition) is 8. The van der Waals surface area contributed by atoms with E-state index in [2.05, 4.69) is 26.6 Å². The number of fused-ring (bicyclic) bond motifs is 2. The topological polar surface area (TPSA) is 316 Å². The summed E-state index contributed by atoms with van der Waals surface area (Å²) in [4.78, 5) is 143. The second kappa shape index (κ2) is 26.1. The van der Waals surface area contributed by atoms with Crippen LogP contribution in [0.4, 0.5) is 0 Å². The summed E-state index contributed by atoms with van der Waals surface area (Å²) in [6, 6.07) is -6.93. The van der Waals surface area contributed by atoms with Gasteiger partial charge in [-0.05, 0) is 93.7 Å². The minimum Gasteiger partial charge on any atom is -0.506 e. The lowest BCUT2D eigenvalue weighted by atomic mass is 9.94. The van der Waals surface area contributed by atoms with Gasteiger partial charge in [-0.25, -0.2) is 4.79 Å². The molecule has 72 heavy (non-hydrogen) atoms. The van der Waals surface area contributed by atoms with Gasteiger partial charge in [0.2, 0.25) is 53.2 Å². The van der Waals surface area contributed by atoms with E-state index in [0.717, 1.165) is 9.80 Å². The van der Waals surface area contributed by atoms with Crippen molar-refractivity contribution in [1.29, 1.82) is 0 Å². The van der Waals surface area contributed by atoms with Crippen molar-refractivity contribution in [2.75, 3.05) is 13.6 Å². The highest BCUT2D eigenvalue weighted by atomic mass is 35.5. The van der Waals surface area contributed by atoms with Crippen molar-refractivity contribution in [3.05, 3.63) is 28.8 Å². The number of amides is 9. The van der Waals surface area contributed by atoms with Gasteiger partial charge in [0.05, 0.1) is 5.02 Å². The van der Waals surface area contributed by atoms with Gasteiger partial charge < -0.3 is 62.0 Å². The molecule has 3 saturated heterocycles. The van der Waals surface area contributed by atoms with Crippen LogP contribution < -0.4 is 32.3 Å². The SMILES string of the molecule is CC(=O)N1CCC[C@H]1C(=O)N[C@H](CCC(N)=O)C(=O)N[C@@H]1C(=O)N[C@@H](CC(C)C)C(=O)N[C@H]2CC[C@@H](O)N(C2=O)[C@H](CC(C)C)C(=O)N(C)[C@@H](Cc2ccc(O)c(Cl)c2)C(=O)N[C@H](CC(C)C)C(=O)O[C@H]1C. The van der Waals surface area contributed by atoms with Crippen molar-refractivity contribution >= 4 is 70.7 Å². The Hall–Kier alpha value is -6.03. The Morgan fingerprint density at radius 1 is 0.847 bits per heavy atom. The van der Waals surface area contributed by atoms with Crippen molar-refractivity contribution in [1.82, 2.24) is 41.3 Å². The summed E-state index contributed by atoms with van der Waals surface area (Å²) in [5.74, 6) is -9.18. The smallest absolute Gasteiger partial charge is 0.328 e. The first-order valence-electron chi connectivity index (χ1n) is 24.7. The number of phenolic OH excluding ortho intramolecular Hbond substituents is 1. The van der Waals surface area contributed by atoms with Crippen LogP contribution in [-0.2, 0) is 59.1 Å². The highest BCUT2D eigenvalue weighted by Gasteiger charge is 2.46. The number of aromatic hydroxyl groups is 1. The molecule has 9 amide bonds. The quantitative estimate of drug-likeness (QED) is 0.111. The molecule has 1 aromatic carbocycles. The van der Waals surface area contributed by atoms with E-state index in [-0.39, 0.29) is 85.8 Å². The van der Waals surface area contributed by atoms with Crippen molar-refractivity contribution in [2.45, 2.75) is 180 Å². The van der Waals surface area contributed by atoms with Gasteiger partial charge in [0.15, 0.2) is 0 Å². The van der Waals surface area contributed by atoms with Gasteiger partial charge in [-0.3, -0.25) is 43.2 Å². The van der Waals surface area contributed by atoms with Gasteiger partial charge in [0.25, 0.3) is 0 Å². The van der Waals surface area contributed by atoms with E-state index in [1.165, 1.54) is 44.0 Å². The Morgan fingerprint density at radius 2 is 1.47 bits per heavy atom. The number of phenols is 1. The molecular formula is C49H74ClN9O13. The number of carbonyl (C=O) groups is 10. The fraction of sp³-hybridized carbons (Fsp3) is 0.673. The van der Waals surface area contributed by atoms with Gasteiger partial charge in [0, 0.05) is 33.4 Å². The van der Waals surface area contributed by atoms with Gasteiger partial charge >= 0.3 is 5.97 Å². The van der Waals surface area contributed by atoms with Crippen LogP contribution in [0.25, 0.3) is 0 Å². The molecule has 0 aromatic heterocycles. The van der Waals surface area contributed by atoms with Crippen molar-refractivity contribution in [2.24, 2.45) is 23.5 Å². The Labute approximate surface area is 425 Å². The molecule has 23 heteroatoms. The summed E-state index contributed by atoms with van der Waals surface area (Å²) in [7, 11) is 1.34. The molecule has 0 unspecified atom stereocenters. The van der Waals surface area contributed by atoms with Crippen LogP contribution in [0.5, 0.6) is 5.75 Å². The first-order chi connectivity index (χ1) is 33.7. The van der Waals surface area contributed by atoms with Crippen LogP contribution in [0.3, 0.4) is 0 Å². The molecule has 22 nitrogen and oxygen atoms in total. The van der Waals surface area contributed by atoms with Gasteiger partial charge in [0.1, 0.15) is 66.4 Å². The third kappa shape index (κ3) is 15.7. The molecule has 10 atom stereocenters. The number of hydrogen-bond acceptors (Lipinski definition) is 13. The third-order valence-corrected chi connectivity index (χ3v) is 13.4. The lowest BCUT2D eigenvalue weighted by Gasteiger charge is -2.43. The zero-order valence-electron chi connectivity index (χ0n) is 42.7. The normalized spacial score (nSPS) is 26.5. The lowest BCUT2D eigenvalue weighted by molar-refractivity contribution is -0.166. The number of piperidine rings is 1. The summed E-state index contributed by atoms with van der Waals surface area (Å²) in [6.07, 6.45) is -3.31. The molecule has 0 spiro atoms. The number of nitrogens with two attached hydrogens (primary N) is 1. The first kappa shape index (κ1) is 58.5. The summed E-state index contributed by atoms with van der Waals surface area (Å²) in [5.41, 5.74) is 5.84. The number of halogens is 1. The van der Waals surface area contributed by atoms with Crippen LogP contribution in [0.1, 0.15) is 119 Å². The molecule has 3 aliphatic rings. The second-order valence-electron chi connectivity index (χ2n) is 20.4. The Bertz CT molecular complexity index is 2190. The van der Waals surface area contributed by atoms with E-state index >= 15 is 0 Å². The number of carbonyl (C=O) groups excluding carboxylic acids is 10. The number of ether oxygens (including phenoxy) is 1. The fourth-order valence-corrected chi connectivity index (χ4v) is 9.49. The minimum atomic E-state index is -1.82. The number of cyclic esters (lactones) is 1. The molecule has 3 aliphatic heterocycles. The number of aliphatic hydroxyl groups excluding tert-OH is 1. The van der Waals surface area contributed by atoms with Gasteiger partial charge in [-0.1, -0.05) is 59.2 Å². The van der Waals surface area contributed by atoms with Crippen LogP contribution >= 0.6 is 11.6 Å². The Morgan fingerprint density at radius 3 is 2.07 bits per heavy atom. The van der Waals surface area contributed by atoms with E-state index in [4.69, 9.17) is 22.1 Å². The number of benzene rings is 1. The molecule has 0 aliphatic carbocycles. The third-order valence-electron chi connectivity index (χ3n) is 13.1. The Kier molecular flexibility index (Phi) is 21.2. The summed E-state index contributed by atoms with van der Waals surface area (Å²) < 4.78 is 5.92. The molecule has 0 radical (unpaired) electrons. The van der Waals surface area contributed by atoms with E-state index in [1.54, 1.807) is 41.5 Å². The zero-order valence-corrected chi connectivity index (χ0v) is 43.5. The molecule has 4 rings (SSSR count). The highest BCUT2D eigenvalue weighted by molar-refractivity contribution is 6.32. The fourth-order valence-electron chi connectivity index (χ4n) is 9.29. The maximum atomic E-state index is 14.9. The number of nitrogens with one attached hydrogen (secondary N) is 5. The molecule has 0 saturated carbocycles. The van der Waals surface area contributed by atoms with E-state index in [1.807, 2.05) is 0 Å². The second-order valence-corrected chi connectivity index (χ2v) is 20.8. The van der Waals surface area contributed by atoms with Crippen LogP contribution in [0.15, 0.2) is 18.2 Å². The Balaban J connectivity index is 1.86. The number of likely N-dealkylation sites (tertiary alicyclic amines) is 1. The van der Waals surface area contributed by atoms with E-state index in [0.29, 0.717) is 24.9 Å². The number of nitrogens with zero attached hydrogens (tertiary/aromatic N) is 3. The number of primary amides is 1. The van der Waals surface area contributed by atoms with Crippen molar-refractivity contribution in [3.8, 4) is 5.75 Å². The van der Waals surface area contributed by atoms with Crippen LogP contribution in [0.2, 0.25) is 5.02 Å². The predicted octanol–water partition coefficient (Wildman–Crippen LogP) is 0.509. The summed E-state index contributed by atoms with van der Waals surface area (Å²) in [5, 5.41) is 34.8. The number of rotatable bonds is 15. The van der Waals surface area contributed by atoms with Gasteiger partial charge in [-0.15, -0.1) is 0 Å². The average Bonchev–Trinajstić information content (AvgIpc) is 3.80. The summed E-state index contributed by atoms with van der Waals surface area (Å²) >= 11 is 6.27. The van der Waals surface area contributed by atoms with E-state index < -0.39 is 114 Å². The molecular weight excluding hydrogens is 958 g/mol. The molecule has 400 valence electrons. The zero-order chi connectivity index (χ0) is 53.9. The van der Waals surface area contributed by atoms with Gasteiger partial charge in [-0.2, -0.15) is 0 Å². The maximum absolute atomic E-state index is 14.9. The lowest BCUT2D eigenvalue weighted by Crippen LogP contribution is -2.65. The molecule has 9 N–H and O–H groups in total. The molecule has 3 fully saturated rings. The average molecular weight is 1030 g/mol. The van der Waals surface area contributed by atoms with Crippen LogP contribution in [0, 0.1) is 17.8 Å². The maximum Gasteiger partial charge on any atom is 0.328 e. The predicted molar refractivity (Wildman–Crippen MR) is 262 cm³/mol. The summed E-state index contributed by atoms with van der Waals surface area (Å²) in [6.45, 7) is 13.6. The monoisotopic (exact) mass is 1030 g/mol. The van der Waals surface area contributed by atoms with E-state index in [9.17, 15) is 58.2 Å².